The van der Waals surface area contributed by atoms with Crippen molar-refractivity contribution in [1.82, 2.24) is 19.4 Å². The van der Waals surface area contributed by atoms with Crippen LogP contribution < -0.4 is 0 Å². The first-order valence-corrected chi connectivity index (χ1v) is 11.2. The molecule has 1 aromatic carbocycles. The molecule has 1 aromatic heterocycles. The van der Waals surface area contributed by atoms with E-state index in [4.69, 9.17) is 0 Å². The van der Waals surface area contributed by atoms with Crippen LogP contribution in [0.1, 0.15) is 63.6 Å². The zero-order chi connectivity index (χ0) is 20.3. The fourth-order valence-corrected chi connectivity index (χ4v) is 5.59. The number of carbonyl (C=O) groups excluding carboxylic acids is 1. The third kappa shape index (κ3) is 4.25. The molecule has 5 heteroatoms. The third-order valence-electron chi connectivity index (χ3n) is 7.03. The molecule has 0 bridgehead atoms. The van der Waals surface area contributed by atoms with Gasteiger partial charge in [0.05, 0.1) is 12.0 Å². The predicted molar refractivity (Wildman–Crippen MR) is 115 cm³/mol. The Bertz CT molecular complexity index is 809. The van der Waals surface area contributed by atoms with Crippen molar-refractivity contribution in [2.24, 2.45) is 0 Å². The van der Waals surface area contributed by atoms with Crippen LogP contribution in [-0.4, -0.2) is 49.9 Å². The molecule has 2 heterocycles. The SMILES string of the molecule is CCN(C(C)=O)[C@H]1CN(Cc2cncn2Cc2ccccc2)C2(CCCCC2)C1. The van der Waals surface area contributed by atoms with Gasteiger partial charge in [0.25, 0.3) is 0 Å². The van der Waals surface area contributed by atoms with E-state index in [1.165, 1.54) is 43.4 Å². The van der Waals surface area contributed by atoms with Crippen molar-refractivity contribution >= 4 is 5.91 Å². The smallest absolute Gasteiger partial charge is 0.219 e. The van der Waals surface area contributed by atoms with Gasteiger partial charge in [-0.1, -0.05) is 49.6 Å². The summed E-state index contributed by atoms with van der Waals surface area (Å²) in [6.07, 6.45) is 11.6. The van der Waals surface area contributed by atoms with Crippen LogP contribution in [0.25, 0.3) is 0 Å². The van der Waals surface area contributed by atoms with E-state index in [1.54, 1.807) is 6.92 Å². The lowest BCUT2D eigenvalue weighted by Crippen LogP contribution is -2.45. The summed E-state index contributed by atoms with van der Waals surface area (Å²) in [6.45, 7) is 7.37. The first-order chi connectivity index (χ1) is 14.1. The fraction of sp³-hybridized carbons (Fsp3) is 0.583. The monoisotopic (exact) mass is 394 g/mol. The Labute approximate surface area is 174 Å². The maximum Gasteiger partial charge on any atom is 0.219 e. The first-order valence-electron chi connectivity index (χ1n) is 11.2. The quantitative estimate of drug-likeness (QED) is 0.741. The Morgan fingerprint density at radius 3 is 2.62 bits per heavy atom. The Morgan fingerprint density at radius 2 is 1.93 bits per heavy atom. The number of carbonyl (C=O) groups is 1. The van der Waals surface area contributed by atoms with E-state index >= 15 is 0 Å². The van der Waals surface area contributed by atoms with Crippen LogP contribution in [0.2, 0.25) is 0 Å². The molecule has 156 valence electrons. The molecule has 0 unspecified atom stereocenters. The minimum absolute atomic E-state index is 0.208. The molecule has 2 aromatic rings. The fourth-order valence-electron chi connectivity index (χ4n) is 5.59. The van der Waals surface area contributed by atoms with E-state index < -0.39 is 0 Å². The predicted octanol–water partition coefficient (Wildman–Crippen LogP) is 4.08. The van der Waals surface area contributed by atoms with Crippen LogP contribution in [0.4, 0.5) is 0 Å². The van der Waals surface area contributed by atoms with Gasteiger partial charge in [-0.25, -0.2) is 4.98 Å². The molecule has 1 aliphatic heterocycles. The average Bonchev–Trinajstić information content (AvgIpc) is 3.29. The molecule has 2 fully saturated rings. The van der Waals surface area contributed by atoms with E-state index in [9.17, 15) is 4.79 Å². The number of aromatic nitrogens is 2. The second-order valence-electron chi connectivity index (χ2n) is 8.83. The molecule has 5 nitrogen and oxygen atoms in total. The molecule has 1 saturated heterocycles. The van der Waals surface area contributed by atoms with Gasteiger partial charge in [0.2, 0.25) is 5.91 Å². The summed E-state index contributed by atoms with van der Waals surface area (Å²) < 4.78 is 2.28. The minimum atomic E-state index is 0.208. The molecule has 1 saturated carbocycles. The molecule has 29 heavy (non-hydrogen) atoms. The Kier molecular flexibility index (Phi) is 6.04. The summed E-state index contributed by atoms with van der Waals surface area (Å²) in [7, 11) is 0. The van der Waals surface area contributed by atoms with E-state index in [2.05, 4.69) is 56.6 Å². The lowest BCUT2D eigenvalue weighted by Gasteiger charge is -2.41. The first kappa shape index (κ1) is 20.1. The number of hydrogen-bond donors (Lipinski definition) is 0. The highest BCUT2D eigenvalue weighted by molar-refractivity contribution is 5.73. The summed E-state index contributed by atoms with van der Waals surface area (Å²) in [5.41, 5.74) is 2.81. The number of nitrogens with zero attached hydrogens (tertiary/aromatic N) is 4. The summed E-state index contributed by atoms with van der Waals surface area (Å²) >= 11 is 0. The molecule has 2 aliphatic rings. The second kappa shape index (κ2) is 8.70. The van der Waals surface area contributed by atoms with E-state index in [0.29, 0.717) is 6.04 Å². The van der Waals surface area contributed by atoms with Crippen LogP contribution in [-0.2, 0) is 17.9 Å². The van der Waals surface area contributed by atoms with Crippen LogP contribution in [0.3, 0.4) is 0 Å². The van der Waals surface area contributed by atoms with Crippen LogP contribution in [0, 0.1) is 0 Å². The van der Waals surface area contributed by atoms with E-state index in [0.717, 1.165) is 32.6 Å². The Morgan fingerprint density at radius 1 is 1.17 bits per heavy atom. The molecular formula is C24H34N4O. The molecule has 1 atom stereocenters. The zero-order valence-corrected chi connectivity index (χ0v) is 17.9. The number of likely N-dealkylation sites (tertiary alicyclic amines) is 1. The number of imidazole rings is 1. The van der Waals surface area contributed by atoms with Crippen molar-refractivity contribution in [3.8, 4) is 0 Å². The lowest BCUT2D eigenvalue weighted by molar-refractivity contribution is -0.130. The summed E-state index contributed by atoms with van der Waals surface area (Å²) in [6, 6.07) is 10.9. The van der Waals surface area contributed by atoms with Gasteiger partial charge in [-0.2, -0.15) is 0 Å². The van der Waals surface area contributed by atoms with Gasteiger partial charge in [-0.3, -0.25) is 9.69 Å². The molecule has 4 rings (SSSR count). The third-order valence-corrected chi connectivity index (χ3v) is 7.03. The highest BCUT2D eigenvalue weighted by Gasteiger charge is 2.47. The van der Waals surface area contributed by atoms with Crippen LogP contribution in [0.5, 0.6) is 0 Å². The largest absolute Gasteiger partial charge is 0.339 e. The molecular weight excluding hydrogens is 360 g/mol. The summed E-state index contributed by atoms with van der Waals surface area (Å²) in [4.78, 5) is 21.4. The second-order valence-corrected chi connectivity index (χ2v) is 8.83. The number of rotatable bonds is 6. The van der Waals surface area contributed by atoms with Gasteiger partial charge in [-0.05, 0) is 31.7 Å². The number of likely N-dealkylation sites (N-methyl/N-ethyl adjacent to an activating group) is 1. The van der Waals surface area contributed by atoms with E-state index in [-0.39, 0.29) is 11.4 Å². The van der Waals surface area contributed by atoms with Crippen molar-refractivity contribution in [3.05, 3.63) is 54.1 Å². The molecule has 0 N–H and O–H groups in total. The maximum absolute atomic E-state index is 12.2. The normalized spacial score (nSPS) is 21.5. The number of amides is 1. The Balaban J connectivity index is 1.55. The summed E-state index contributed by atoms with van der Waals surface area (Å²) in [5.74, 6) is 0.208. The van der Waals surface area contributed by atoms with Gasteiger partial charge in [0, 0.05) is 50.9 Å². The van der Waals surface area contributed by atoms with Crippen molar-refractivity contribution < 1.29 is 4.79 Å². The minimum Gasteiger partial charge on any atom is -0.339 e. The van der Waals surface area contributed by atoms with Crippen molar-refractivity contribution in [2.75, 3.05) is 13.1 Å². The summed E-state index contributed by atoms with van der Waals surface area (Å²) in [5, 5.41) is 0. The molecule has 0 radical (unpaired) electrons. The van der Waals surface area contributed by atoms with Crippen LogP contribution >= 0.6 is 0 Å². The average molecular weight is 395 g/mol. The number of hydrogen-bond acceptors (Lipinski definition) is 3. The molecule has 1 spiro atoms. The van der Waals surface area contributed by atoms with Gasteiger partial charge >= 0.3 is 0 Å². The van der Waals surface area contributed by atoms with Crippen molar-refractivity contribution in [3.63, 3.8) is 0 Å². The van der Waals surface area contributed by atoms with Crippen LogP contribution in [0.15, 0.2) is 42.9 Å². The van der Waals surface area contributed by atoms with Gasteiger partial charge < -0.3 is 9.47 Å². The number of benzene rings is 1. The van der Waals surface area contributed by atoms with Gasteiger partial charge in [-0.15, -0.1) is 0 Å². The Hall–Kier alpha value is -2.14. The topological polar surface area (TPSA) is 41.4 Å². The molecule has 1 amide bonds. The molecule has 1 aliphatic carbocycles. The van der Waals surface area contributed by atoms with Crippen molar-refractivity contribution in [1.29, 1.82) is 0 Å². The standard InChI is InChI=1S/C24H34N4O/c1-3-28(20(2)29)22-14-24(12-8-5-9-13-24)27(17-22)18-23-15-25-19-26(23)16-21-10-6-4-7-11-21/h4,6-7,10-11,15,19,22H,3,5,8-9,12-14,16-18H2,1-2H3/t22-/m1/s1. The lowest BCUT2D eigenvalue weighted by atomic mass is 9.79. The highest BCUT2D eigenvalue weighted by atomic mass is 16.2. The van der Waals surface area contributed by atoms with Gasteiger partial charge in [0.1, 0.15) is 0 Å². The van der Waals surface area contributed by atoms with Gasteiger partial charge in [0.15, 0.2) is 0 Å². The highest BCUT2D eigenvalue weighted by Crippen LogP contribution is 2.43. The maximum atomic E-state index is 12.2. The zero-order valence-electron chi connectivity index (χ0n) is 17.9. The van der Waals surface area contributed by atoms with E-state index in [1.807, 2.05) is 12.5 Å². The van der Waals surface area contributed by atoms with Crippen molar-refractivity contribution in [2.45, 2.75) is 77.0 Å².